The molecule has 2 rings (SSSR count). The summed E-state index contributed by atoms with van der Waals surface area (Å²) in [7, 11) is 1.75. The van der Waals surface area contributed by atoms with Crippen LogP contribution in [0.15, 0.2) is 29.8 Å². The van der Waals surface area contributed by atoms with Gasteiger partial charge in [0.05, 0.1) is 5.69 Å². The van der Waals surface area contributed by atoms with E-state index in [-0.39, 0.29) is 12.2 Å². The highest BCUT2D eigenvalue weighted by Crippen LogP contribution is 2.38. The minimum absolute atomic E-state index is 0.00974. The number of rotatable bonds is 8. The second-order valence-electron chi connectivity index (χ2n) is 6.49. The van der Waals surface area contributed by atoms with Crippen LogP contribution in [0.4, 0.5) is 5.82 Å². The summed E-state index contributed by atoms with van der Waals surface area (Å²) in [6.07, 6.45) is 1.94. The molecule has 0 radical (unpaired) electrons. The summed E-state index contributed by atoms with van der Waals surface area (Å²) in [5.41, 5.74) is 9.49. The lowest BCUT2D eigenvalue weighted by Crippen LogP contribution is -2.13. The fourth-order valence-electron chi connectivity index (χ4n) is 3.18. The fraction of sp³-hybridized carbons (Fsp3) is 0.286. The van der Waals surface area contributed by atoms with E-state index in [0.29, 0.717) is 35.8 Å². The largest absolute Gasteiger partial charge is 0.396 e. The van der Waals surface area contributed by atoms with E-state index in [2.05, 4.69) is 5.32 Å². The number of nitrogens with zero attached hydrogens (tertiary/aromatic N) is 2. The second kappa shape index (κ2) is 9.02. The number of benzene rings is 1. The Kier molecular flexibility index (Phi) is 6.74. The lowest BCUT2D eigenvalue weighted by Gasteiger charge is -2.12. The highest BCUT2D eigenvalue weighted by molar-refractivity contribution is 6.10. The molecule has 1 aromatic heterocycles. The standard InChI is InChI=1S/C21H25N5O2/c1-13-5-7-15(8-6-13)19-17(11-16(12-22)20(24)28)26(9-4-10-27)21(25-3)18(19)14(2)23/h5-8,11,23,25,27H,4,9-10H2,1-3H3,(H2,24,28)/b16-11+,23-14?. The predicted molar refractivity (Wildman–Crippen MR) is 111 cm³/mol. The van der Waals surface area contributed by atoms with Crippen molar-refractivity contribution in [2.45, 2.75) is 26.8 Å². The molecule has 7 heteroatoms. The van der Waals surface area contributed by atoms with Crippen LogP contribution in [0.25, 0.3) is 17.2 Å². The Bertz CT molecular complexity index is 962. The zero-order chi connectivity index (χ0) is 20.8. The van der Waals surface area contributed by atoms with Crippen molar-refractivity contribution >= 4 is 23.5 Å². The Hall–Kier alpha value is -3.37. The average molecular weight is 379 g/mol. The van der Waals surface area contributed by atoms with Crippen molar-refractivity contribution in [1.29, 1.82) is 10.7 Å². The molecule has 0 spiro atoms. The van der Waals surface area contributed by atoms with E-state index in [1.807, 2.05) is 41.8 Å². The van der Waals surface area contributed by atoms with Crippen molar-refractivity contribution < 1.29 is 9.90 Å². The van der Waals surface area contributed by atoms with Gasteiger partial charge in [0.1, 0.15) is 17.5 Å². The van der Waals surface area contributed by atoms with E-state index in [4.69, 9.17) is 11.1 Å². The van der Waals surface area contributed by atoms with Gasteiger partial charge in [-0.25, -0.2) is 0 Å². The van der Waals surface area contributed by atoms with Crippen molar-refractivity contribution in [2.75, 3.05) is 19.0 Å². The number of carbonyl (C=O) groups excluding carboxylic acids is 1. The van der Waals surface area contributed by atoms with Crippen LogP contribution in [0.3, 0.4) is 0 Å². The number of nitriles is 1. The first-order valence-electron chi connectivity index (χ1n) is 8.94. The third kappa shape index (κ3) is 4.13. The maximum atomic E-state index is 11.7. The van der Waals surface area contributed by atoms with Gasteiger partial charge < -0.3 is 26.1 Å². The van der Waals surface area contributed by atoms with Crippen molar-refractivity contribution in [3.63, 3.8) is 0 Å². The van der Waals surface area contributed by atoms with Gasteiger partial charge in [-0.1, -0.05) is 29.8 Å². The first kappa shape index (κ1) is 20.9. The van der Waals surface area contributed by atoms with Gasteiger partial charge in [-0.2, -0.15) is 5.26 Å². The van der Waals surface area contributed by atoms with E-state index in [0.717, 1.165) is 16.7 Å². The Morgan fingerprint density at radius 2 is 2.04 bits per heavy atom. The van der Waals surface area contributed by atoms with Crippen LogP contribution < -0.4 is 11.1 Å². The average Bonchev–Trinajstić information content (AvgIpc) is 2.97. The first-order chi connectivity index (χ1) is 13.3. The molecule has 146 valence electrons. The molecule has 2 aromatic rings. The van der Waals surface area contributed by atoms with Crippen LogP contribution in [0.1, 0.15) is 30.2 Å². The molecule has 0 bridgehead atoms. The molecule has 1 heterocycles. The van der Waals surface area contributed by atoms with Crippen LogP contribution in [0, 0.1) is 23.7 Å². The summed E-state index contributed by atoms with van der Waals surface area (Å²) in [5.74, 6) is -0.129. The van der Waals surface area contributed by atoms with Gasteiger partial charge in [0.15, 0.2) is 0 Å². The topological polar surface area (TPSA) is 128 Å². The van der Waals surface area contributed by atoms with Crippen molar-refractivity contribution in [1.82, 2.24) is 4.57 Å². The van der Waals surface area contributed by atoms with E-state index >= 15 is 0 Å². The fourth-order valence-corrected chi connectivity index (χ4v) is 3.18. The van der Waals surface area contributed by atoms with Gasteiger partial charge in [-0.05, 0) is 31.9 Å². The quantitative estimate of drug-likeness (QED) is 0.319. The summed E-state index contributed by atoms with van der Waals surface area (Å²) in [5, 5.41) is 30.1. The van der Waals surface area contributed by atoms with E-state index in [1.165, 1.54) is 6.08 Å². The molecule has 0 aliphatic carbocycles. The number of aliphatic hydroxyl groups is 1. The molecule has 0 saturated carbocycles. The molecule has 0 fully saturated rings. The number of hydrogen-bond acceptors (Lipinski definition) is 5. The molecule has 1 aromatic carbocycles. The molecule has 0 saturated heterocycles. The Morgan fingerprint density at radius 3 is 2.50 bits per heavy atom. The number of carbonyl (C=O) groups is 1. The molecular weight excluding hydrogens is 354 g/mol. The van der Waals surface area contributed by atoms with Crippen LogP contribution in [-0.4, -0.2) is 34.9 Å². The van der Waals surface area contributed by atoms with Crippen molar-refractivity contribution in [3.05, 3.63) is 46.7 Å². The molecule has 5 N–H and O–H groups in total. The second-order valence-corrected chi connectivity index (χ2v) is 6.49. The number of nitrogens with two attached hydrogens (primary N) is 1. The van der Waals surface area contributed by atoms with Crippen LogP contribution >= 0.6 is 0 Å². The summed E-state index contributed by atoms with van der Waals surface area (Å²) in [6.45, 7) is 4.11. The van der Waals surface area contributed by atoms with Gasteiger partial charge in [0, 0.05) is 37.0 Å². The number of hydrogen-bond donors (Lipinski definition) is 4. The summed E-state index contributed by atoms with van der Waals surface area (Å²) >= 11 is 0. The van der Waals surface area contributed by atoms with E-state index < -0.39 is 5.91 Å². The normalized spacial score (nSPS) is 11.2. The molecule has 1 amide bonds. The molecule has 28 heavy (non-hydrogen) atoms. The number of anilines is 1. The third-order valence-electron chi connectivity index (χ3n) is 4.46. The Labute approximate surface area is 164 Å². The molecule has 7 nitrogen and oxygen atoms in total. The van der Waals surface area contributed by atoms with E-state index in [1.54, 1.807) is 14.0 Å². The first-order valence-corrected chi connectivity index (χ1v) is 8.94. The molecule has 0 aliphatic heterocycles. The lowest BCUT2D eigenvalue weighted by molar-refractivity contribution is -0.114. The van der Waals surface area contributed by atoms with Crippen LogP contribution in [0.5, 0.6) is 0 Å². The van der Waals surface area contributed by atoms with Gasteiger partial charge in [-0.15, -0.1) is 0 Å². The molecule has 0 atom stereocenters. The number of aliphatic hydroxyl groups excluding tert-OH is 1. The van der Waals surface area contributed by atoms with Gasteiger partial charge in [0.25, 0.3) is 5.91 Å². The SMILES string of the molecule is CNc1c(C(C)=N)c(-c2ccc(C)cc2)c(/C=C(\C#N)C(N)=O)n1CCCO. The third-order valence-corrected chi connectivity index (χ3v) is 4.46. The predicted octanol–water partition coefficient (Wildman–Crippen LogP) is 2.67. The maximum absolute atomic E-state index is 11.7. The smallest absolute Gasteiger partial charge is 0.259 e. The van der Waals surface area contributed by atoms with Gasteiger partial charge in [-0.3, -0.25) is 4.79 Å². The minimum Gasteiger partial charge on any atom is -0.396 e. The number of aryl methyl sites for hydroxylation is 1. The van der Waals surface area contributed by atoms with Gasteiger partial charge >= 0.3 is 0 Å². The number of aromatic nitrogens is 1. The Morgan fingerprint density at radius 1 is 1.39 bits per heavy atom. The van der Waals surface area contributed by atoms with Gasteiger partial charge in [0.2, 0.25) is 0 Å². The summed E-state index contributed by atoms with van der Waals surface area (Å²) < 4.78 is 1.87. The lowest BCUT2D eigenvalue weighted by atomic mass is 9.97. The minimum atomic E-state index is -0.814. The van der Waals surface area contributed by atoms with Crippen molar-refractivity contribution in [3.8, 4) is 17.2 Å². The van der Waals surface area contributed by atoms with Crippen LogP contribution in [-0.2, 0) is 11.3 Å². The van der Waals surface area contributed by atoms with E-state index in [9.17, 15) is 15.2 Å². The number of nitrogens with one attached hydrogen (secondary N) is 2. The maximum Gasteiger partial charge on any atom is 0.259 e. The zero-order valence-electron chi connectivity index (χ0n) is 16.3. The molecular formula is C21H25N5O2. The number of amides is 1. The summed E-state index contributed by atoms with van der Waals surface area (Å²) in [6, 6.07) is 9.67. The molecule has 0 unspecified atom stereocenters. The highest BCUT2D eigenvalue weighted by atomic mass is 16.3. The monoisotopic (exact) mass is 379 g/mol. The van der Waals surface area contributed by atoms with Crippen LogP contribution in [0.2, 0.25) is 0 Å². The zero-order valence-corrected chi connectivity index (χ0v) is 16.3. The number of primary amides is 1. The highest BCUT2D eigenvalue weighted by Gasteiger charge is 2.24. The molecule has 0 aliphatic rings. The van der Waals surface area contributed by atoms with Crippen molar-refractivity contribution in [2.24, 2.45) is 5.73 Å². The summed E-state index contributed by atoms with van der Waals surface area (Å²) in [4.78, 5) is 11.7. The Balaban J connectivity index is 2.95.